The number of amides is 1. The van der Waals surface area contributed by atoms with Crippen LogP contribution in [0.5, 0.6) is 0 Å². The monoisotopic (exact) mass is 304 g/mol. The fraction of sp³-hybridized carbons (Fsp3) is 0.375. The van der Waals surface area contributed by atoms with Crippen LogP contribution in [0.2, 0.25) is 5.15 Å². The van der Waals surface area contributed by atoms with Gasteiger partial charge in [0, 0.05) is 11.6 Å². The van der Waals surface area contributed by atoms with Crippen molar-refractivity contribution < 1.29 is 9.90 Å². The first kappa shape index (κ1) is 14.3. The van der Waals surface area contributed by atoms with Gasteiger partial charge in [0.05, 0.1) is 17.7 Å². The third-order valence-electron chi connectivity index (χ3n) is 4.04. The predicted octanol–water partition coefficient (Wildman–Crippen LogP) is 2.92. The zero-order valence-electron chi connectivity index (χ0n) is 11.6. The molecule has 1 amide bonds. The van der Waals surface area contributed by atoms with Crippen LogP contribution in [0, 0.1) is 0 Å². The fourth-order valence-electron chi connectivity index (χ4n) is 2.86. The summed E-state index contributed by atoms with van der Waals surface area (Å²) in [7, 11) is 0. The minimum Gasteiger partial charge on any atom is -0.391 e. The standard InChI is InChI=1S/C16H17ClN2O2/c17-15-11-6-2-1-5-10(11)12(9-18-15)16(21)19-13-7-3-4-8-14(13)20/h1-2,5-6,9,13-14,20H,3-4,7-8H2,(H,19,21). The lowest BCUT2D eigenvalue weighted by Crippen LogP contribution is -2.45. The van der Waals surface area contributed by atoms with Gasteiger partial charge in [-0.1, -0.05) is 48.7 Å². The molecule has 0 aliphatic heterocycles. The SMILES string of the molecule is O=C(NC1CCCCC1O)c1cnc(Cl)c2ccccc12. The lowest BCUT2D eigenvalue weighted by molar-refractivity contribution is 0.0718. The number of carbonyl (C=O) groups is 1. The van der Waals surface area contributed by atoms with Crippen molar-refractivity contribution in [3.05, 3.63) is 41.2 Å². The Morgan fingerprint density at radius 3 is 2.71 bits per heavy atom. The third kappa shape index (κ3) is 2.87. The Bertz CT molecular complexity index is 674. The average Bonchev–Trinajstić information content (AvgIpc) is 2.50. The number of rotatable bonds is 2. The van der Waals surface area contributed by atoms with Gasteiger partial charge >= 0.3 is 0 Å². The number of fused-ring (bicyclic) bond motifs is 1. The van der Waals surface area contributed by atoms with Crippen molar-refractivity contribution in [2.45, 2.75) is 37.8 Å². The average molecular weight is 305 g/mol. The van der Waals surface area contributed by atoms with E-state index in [0.29, 0.717) is 10.7 Å². The van der Waals surface area contributed by atoms with Gasteiger partial charge in [-0.05, 0) is 18.2 Å². The van der Waals surface area contributed by atoms with Crippen molar-refractivity contribution in [2.75, 3.05) is 0 Å². The molecule has 2 aromatic rings. The molecule has 1 aromatic carbocycles. The van der Waals surface area contributed by atoms with Crippen molar-refractivity contribution in [1.29, 1.82) is 0 Å². The van der Waals surface area contributed by atoms with Crippen molar-refractivity contribution >= 4 is 28.3 Å². The molecule has 2 unspecified atom stereocenters. The largest absolute Gasteiger partial charge is 0.391 e. The molecule has 5 heteroatoms. The van der Waals surface area contributed by atoms with Crippen LogP contribution in [-0.2, 0) is 0 Å². The van der Waals surface area contributed by atoms with Crippen LogP contribution in [0.4, 0.5) is 0 Å². The van der Waals surface area contributed by atoms with Gasteiger partial charge in [0.2, 0.25) is 0 Å². The first-order valence-electron chi connectivity index (χ1n) is 7.19. The molecule has 21 heavy (non-hydrogen) atoms. The highest BCUT2D eigenvalue weighted by Gasteiger charge is 2.25. The summed E-state index contributed by atoms with van der Waals surface area (Å²) in [6.07, 6.45) is 4.63. The smallest absolute Gasteiger partial charge is 0.253 e. The van der Waals surface area contributed by atoms with Gasteiger partial charge in [0.15, 0.2) is 0 Å². The number of nitrogens with one attached hydrogen (secondary N) is 1. The summed E-state index contributed by atoms with van der Waals surface area (Å²) in [5, 5.41) is 14.8. The van der Waals surface area contributed by atoms with E-state index in [1.165, 1.54) is 6.20 Å². The Kier molecular flexibility index (Phi) is 4.08. The number of hydrogen-bond donors (Lipinski definition) is 2. The van der Waals surface area contributed by atoms with Crippen molar-refractivity contribution in [3.63, 3.8) is 0 Å². The van der Waals surface area contributed by atoms with E-state index in [0.717, 1.165) is 36.5 Å². The zero-order valence-corrected chi connectivity index (χ0v) is 12.3. The molecule has 0 spiro atoms. The van der Waals surface area contributed by atoms with Crippen LogP contribution >= 0.6 is 11.6 Å². The molecule has 1 fully saturated rings. The number of halogens is 1. The number of pyridine rings is 1. The van der Waals surface area contributed by atoms with E-state index < -0.39 is 6.10 Å². The maximum absolute atomic E-state index is 12.5. The number of aliphatic hydroxyl groups excluding tert-OH is 1. The van der Waals surface area contributed by atoms with E-state index in [-0.39, 0.29) is 11.9 Å². The highest BCUT2D eigenvalue weighted by molar-refractivity contribution is 6.34. The lowest BCUT2D eigenvalue weighted by atomic mass is 9.92. The Labute approximate surface area is 128 Å². The van der Waals surface area contributed by atoms with Gasteiger partial charge in [-0.25, -0.2) is 4.98 Å². The van der Waals surface area contributed by atoms with Crippen molar-refractivity contribution in [3.8, 4) is 0 Å². The molecule has 110 valence electrons. The van der Waals surface area contributed by atoms with E-state index in [2.05, 4.69) is 10.3 Å². The molecule has 2 atom stereocenters. The van der Waals surface area contributed by atoms with Gasteiger partial charge in [-0.3, -0.25) is 4.79 Å². The Hall–Kier alpha value is -1.65. The predicted molar refractivity (Wildman–Crippen MR) is 82.5 cm³/mol. The topological polar surface area (TPSA) is 62.2 Å². The zero-order chi connectivity index (χ0) is 14.8. The van der Waals surface area contributed by atoms with E-state index in [1.54, 1.807) is 0 Å². The molecule has 0 saturated heterocycles. The maximum atomic E-state index is 12.5. The van der Waals surface area contributed by atoms with Crippen LogP contribution in [0.1, 0.15) is 36.0 Å². The highest BCUT2D eigenvalue weighted by atomic mass is 35.5. The van der Waals surface area contributed by atoms with Crippen LogP contribution in [-0.4, -0.2) is 28.1 Å². The summed E-state index contributed by atoms with van der Waals surface area (Å²) in [4.78, 5) is 16.6. The molecule has 1 heterocycles. The summed E-state index contributed by atoms with van der Waals surface area (Å²) in [6.45, 7) is 0. The van der Waals surface area contributed by atoms with Crippen LogP contribution in [0.25, 0.3) is 10.8 Å². The second-order valence-electron chi connectivity index (χ2n) is 5.44. The van der Waals surface area contributed by atoms with Gasteiger partial charge < -0.3 is 10.4 Å². The normalized spacial score (nSPS) is 22.2. The summed E-state index contributed by atoms with van der Waals surface area (Å²) in [6, 6.07) is 7.25. The van der Waals surface area contributed by atoms with Gasteiger partial charge in [0.25, 0.3) is 5.91 Å². The molecule has 1 aliphatic rings. The molecule has 1 aliphatic carbocycles. The molecular weight excluding hydrogens is 288 g/mol. The minimum atomic E-state index is -0.464. The molecule has 3 rings (SSSR count). The van der Waals surface area contributed by atoms with Gasteiger partial charge in [0.1, 0.15) is 5.15 Å². The second kappa shape index (κ2) is 6.00. The number of hydrogen-bond acceptors (Lipinski definition) is 3. The van der Waals surface area contributed by atoms with Gasteiger partial charge in [-0.15, -0.1) is 0 Å². The summed E-state index contributed by atoms with van der Waals surface area (Å²) >= 11 is 6.07. The summed E-state index contributed by atoms with van der Waals surface area (Å²) in [5.74, 6) is -0.207. The first-order chi connectivity index (χ1) is 10.2. The minimum absolute atomic E-state index is 0.180. The van der Waals surface area contributed by atoms with Crippen LogP contribution in [0.3, 0.4) is 0 Å². The summed E-state index contributed by atoms with van der Waals surface area (Å²) in [5.41, 5.74) is 0.493. The molecular formula is C16H17ClN2O2. The van der Waals surface area contributed by atoms with Crippen molar-refractivity contribution in [2.24, 2.45) is 0 Å². The maximum Gasteiger partial charge on any atom is 0.253 e. The second-order valence-corrected chi connectivity index (χ2v) is 5.80. The number of benzene rings is 1. The third-order valence-corrected chi connectivity index (χ3v) is 4.34. The molecule has 1 aromatic heterocycles. The first-order valence-corrected chi connectivity index (χ1v) is 7.57. The number of aliphatic hydroxyl groups is 1. The number of carbonyl (C=O) groups excluding carboxylic acids is 1. The Morgan fingerprint density at radius 1 is 1.24 bits per heavy atom. The fourth-order valence-corrected chi connectivity index (χ4v) is 3.08. The summed E-state index contributed by atoms with van der Waals surface area (Å²) < 4.78 is 0. The molecule has 0 bridgehead atoms. The van der Waals surface area contributed by atoms with Crippen LogP contribution < -0.4 is 5.32 Å². The highest BCUT2D eigenvalue weighted by Crippen LogP contribution is 2.25. The van der Waals surface area contributed by atoms with Crippen molar-refractivity contribution in [1.82, 2.24) is 10.3 Å². The molecule has 4 nitrogen and oxygen atoms in total. The van der Waals surface area contributed by atoms with E-state index >= 15 is 0 Å². The van der Waals surface area contributed by atoms with E-state index in [1.807, 2.05) is 24.3 Å². The Morgan fingerprint density at radius 2 is 1.95 bits per heavy atom. The molecule has 0 radical (unpaired) electrons. The van der Waals surface area contributed by atoms with Crippen LogP contribution in [0.15, 0.2) is 30.5 Å². The van der Waals surface area contributed by atoms with E-state index in [4.69, 9.17) is 11.6 Å². The number of aromatic nitrogens is 1. The van der Waals surface area contributed by atoms with E-state index in [9.17, 15) is 9.90 Å². The number of nitrogens with zero attached hydrogens (tertiary/aromatic N) is 1. The lowest BCUT2D eigenvalue weighted by Gasteiger charge is -2.28. The Balaban J connectivity index is 1.89. The van der Waals surface area contributed by atoms with Gasteiger partial charge in [-0.2, -0.15) is 0 Å². The molecule has 2 N–H and O–H groups in total. The molecule has 1 saturated carbocycles. The quantitative estimate of drug-likeness (QED) is 0.839.